The molecular weight excluding hydrogens is 230 g/mol. The zero-order valence-electron chi connectivity index (χ0n) is 11.4. The lowest BCUT2D eigenvalue weighted by atomic mass is 9.98. The third-order valence-corrected chi connectivity index (χ3v) is 3.79. The van der Waals surface area contributed by atoms with Crippen molar-refractivity contribution >= 4 is 5.91 Å². The van der Waals surface area contributed by atoms with Gasteiger partial charge in [0.15, 0.2) is 0 Å². The molecule has 1 aliphatic carbocycles. The van der Waals surface area contributed by atoms with Crippen LogP contribution in [0.5, 0.6) is 0 Å². The predicted octanol–water partition coefficient (Wildman–Crippen LogP) is 0.0932. The largest absolute Gasteiger partial charge is 0.378 e. The van der Waals surface area contributed by atoms with Gasteiger partial charge in [-0.25, -0.2) is 0 Å². The SMILES string of the molecule is CC1(C)COCCN1C(CN)CC(=O)NC1CC1. The van der Waals surface area contributed by atoms with Crippen LogP contribution >= 0.6 is 0 Å². The van der Waals surface area contributed by atoms with Crippen molar-refractivity contribution in [3.8, 4) is 0 Å². The van der Waals surface area contributed by atoms with Crippen molar-refractivity contribution in [3.05, 3.63) is 0 Å². The highest BCUT2D eigenvalue weighted by Gasteiger charge is 2.36. The molecule has 0 aromatic rings. The molecule has 0 spiro atoms. The van der Waals surface area contributed by atoms with Gasteiger partial charge in [0, 0.05) is 37.1 Å². The number of ether oxygens (including phenoxy) is 1. The number of nitrogens with two attached hydrogens (primary N) is 1. The molecule has 1 saturated carbocycles. The molecule has 1 atom stereocenters. The third kappa shape index (κ3) is 3.43. The topological polar surface area (TPSA) is 67.6 Å². The Hall–Kier alpha value is -0.650. The molecule has 104 valence electrons. The lowest BCUT2D eigenvalue weighted by Crippen LogP contribution is -2.59. The Balaban J connectivity index is 1.91. The normalized spacial score (nSPS) is 25.7. The predicted molar refractivity (Wildman–Crippen MR) is 70.2 cm³/mol. The Bertz CT molecular complexity index is 303. The van der Waals surface area contributed by atoms with Gasteiger partial charge < -0.3 is 15.8 Å². The summed E-state index contributed by atoms with van der Waals surface area (Å²) in [6.07, 6.45) is 2.75. The number of hydrogen-bond acceptors (Lipinski definition) is 4. The van der Waals surface area contributed by atoms with E-state index in [0.29, 0.717) is 25.6 Å². The van der Waals surface area contributed by atoms with Gasteiger partial charge in [-0.15, -0.1) is 0 Å². The minimum absolute atomic E-state index is 0.0395. The maximum absolute atomic E-state index is 11.9. The molecule has 5 nitrogen and oxygen atoms in total. The molecule has 2 rings (SSSR count). The Morgan fingerprint density at radius 3 is 2.83 bits per heavy atom. The van der Waals surface area contributed by atoms with Crippen molar-refractivity contribution in [2.75, 3.05) is 26.3 Å². The van der Waals surface area contributed by atoms with Gasteiger partial charge in [0.2, 0.25) is 5.91 Å². The van der Waals surface area contributed by atoms with Gasteiger partial charge in [0.1, 0.15) is 0 Å². The van der Waals surface area contributed by atoms with Gasteiger partial charge >= 0.3 is 0 Å². The highest BCUT2D eigenvalue weighted by molar-refractivity contribution is 5.77. The van der Waals surface area contributed by atoms with Crippen LogP contribution in [0, 0.1) is 0 Å². The first kappa shape index (κ1) is 13.8. The third-order valence-electron chi connectivity index (χ3n) is 3.79. The summed E-state index contributed by atoms with van der Waals surface area (Å²) in [6.45, 7) is 7.09. The van der Waals surface area contributed by atoms with Crippen molar-refractivity contribution < 1.29 is 9.53 Å². The van der Waals surface area contributed by atoms with Crippen LogP contribution in [-0.2, 0) is 9.53 Å². The van der Waals surface area contributed by atoms with E-state index in [1.807, 2.05) is 0 Å². The smallest absolute Gasteiger partial charge is 0.221 e. The number of rotatable bonds is 5. The minimum atomic E-state index is -0.0395. The average molecular weight is 255 g/mol. The zero-order valence-corrected chi connectivity index (χ0v) is 11.4. The van der Waals surface area contributed by atoms with Crippen LogP contribution < -0.4 is 11.1 Å². The maximum Gasteiger partial charge on any atom is 0.221 e. The minimum Gasteiger partial charge on any atom is -0.378 e. The Morgan fingerprint density at radius 1 is 1.56 bits per heavy atom. The van der Waals surface area contributed by atoms with E-state index in [2.05, 4.69) is 24.1 Å². The van der Waals surface area contributed by atoms with Crippen LogP contribution in [0.3, 0.4) is 0 Å². The second kappa shape index (κ2) is 5.55. The second-order valence-electron chi connectivity index (χ2n) is 5.99. The fourth-order valence-electron chi connectivity index (χ4n) is 2.60. The Morgan fingerprint density at radius 2 is 2.28 bits per heavy atom. The number of hydrogen-bond donors (Lipinski definition) is 2. The molecule has 1 aliphatic heterocycles. The molecular formula is C13H25N3O2. The molecule has 18 heavy (non-hydrogen) atoms. The van der Waals surface area contributed by atoms with Gasteiger partial charge in [0.25, 0.3) is 0 Å². The fourth-order valence-corrected chi connectivity index (χ4v) is 2.60. The first-order valence-electron chi connectivity index (χ1n) is 6.87. The van der Waals surface area contributed by atoms with Gasteiger partial charge in [-0.05, 0) is 26.7 Å². The van der Waals surface area contributed by atoms with E-state index in [4.69, 9.17) is 10.5 Å². The van der Waals surface area contributed by atoms with E-state index in [-0.39, 0.29) is 17.5 Å². The molecule has 3 N–H and O–H groups in total. The molecule has 1 amide bonds. The van der Waals surface area contributed by atoms with Crippen LogP contribution in [0.4, 0.5) is 0 Å². The number of morpholine rings is 1. The van der Waals surface area contributed by atoms with Gasteiger partial charge in [-0.3, -0.25) is 9.69 Å². The first-order valence-corrected chi connectivity index (χ1v) is 6.87. The zero-order chi connectivity index (χ0) is 13.2. The summed E-state index contributed by atoms with van der Waals surface area (Å²) in [5.41, 5.74) is 5.82. The van der Waals surface area contributed by atoms with Gasteiger partial charge in [0.05, 0.1) is 13.2 Å². The molecule has 0 bridgehead atoms. The molecule has 2 aliphatic rings. The number of carbonyl (C=O) groups is 1. The second-order valence-corrected chi connectivity index (χ2v) is 5.99. The molecule has 2 fully saturated rings. The van der Waals surface area contributed by atoms with Crippen LogP contribution in [0.2, 0.25) is 0 Å². The quantitative estimate of drug-likeness (QED) is 0.731. The van der Waals surface area contributed by atoms with E-state index in [0.717, 1.165) is 26.0 Å². The van der Waals surface area contributed by atoms with Crippen molar-refractivity contribution in [3.63, 3.8) is 0 Å². The monoisotopic (exact) mass is 255 g/mol. The number of carbonyl (C=O) groups excluding carboxylic acids is 1. The average Bonchev–Trinajstić information content (AvgIpc) is 3.10. The van der Waals surface area contributed by atoms with E-state index in [9.17, 15) is 4.79 Å². The van der Waals surface area contributed by atoms with E-state index < -0.39 is 0 Å². The fraction of sp³-hybridized carbons (Fsp3) is 0.923. The lowest BCUT2D eigenvalue weighted by molar-refractivity contribution is -0.125. The molecule has 5 heteroatoms. The summed E-state index contributed by atoms with van der Waals surface area (Å²) in [6, 6.07) is 0.538. The summed E-state index contributed by atoms with van der Waals surface area (Å²) in [5.74, 6) is 0.134. The molecule has 1 unspecified atom stereocenters. The van der Waals surface area contributed by atoms with Crippen molar-refractivity contribution in [1.29, 1.82) is 0 Å². The highest BCUT2D eigenvalue weighted by atomic mass is 16.5. The summed E-state index contributed by atoms with van der Waals surface area (Å²) in [7, 11) is 0. The Kier molecular flexibility index (Phi) is 4.25. The lowest BCUT2D eigenvalue weighted by Gasteiger charge is -2.46. The van der Waals surface area contributed by atoms with Crippen molar-refractivity contribution in [1.82, 2.24) is 10.2 Å². The number of nitrogens with zero attached hydrogens (tertiary/aromatic N) is 1. The molecule has 1 saturated heterocycles. The number of amides is 1. The van der Waals surface area contributed by atoms with Gasteiger partial charge in [-0.2, -0.15) is 0 Å². The first-order chi connectivity index (χ1) is 8.53. The van der Waals surface area contributed by atoms with E-state index >= 15 is 0 Å². The summed E-state index contributed by atoms with van der Waals surface area (Å²) >= 11 is 0. The van der Waals surface area contributed by atoms with Crippen molar-refractivity contribution in [2.45, 2.75) is 50.7 Å². The van der Waals surface area contributed by atoms with Crippen LogP contribution in [0.15, 0.2) is 0 Å². The van der Waals surface area contributed by atoms with Gasteiger partial charge in [-0.1, -0.05) is 0 Å². The molecule has 0 radical (unpaired) electrons. The Labute approximate surface area is 109 Å². The summed E-state index contributed by atoms with van der Waals surface area (Å²) in [4.78, 5) is 14.2. The molecule has 0 aromatic heterocycles. The van der Waals surface area contributed by atoms with Crippen LogP contribution in [0.25, 0.3) is 0 Å². The van der Waals surface area contributed by atoms with Crippen LogP contribution in [0.1, 0.15) is 33.1 Å². The summed E-state index contributed by atoms with van der Waals surface area (Å²) < 4.78 is 5.51. The van der Waals surface area contributed by atoms with E-state index in [1.54, 1.807) is 0 Å². The summed E-state index contributed by atoms with van der Waals surface area (Å²) in [5, 5.41) is 3.03. The standard InChI is InChI=1S/C13H25N3O2/c1-13(2)9-18-6-5-16(13)11(8-14)7-12(17)15-10-3-4-10/h10-11H,3-9,14H2,1-2H3,(H,15,17). The van der Waals surface area contributed by atoms with Crippen LogP contribution in [-0.4, -0.2) is 54.7 Å². The van der Waals surface area contributed by atoms with E-state index in [1.165, 1.54) is 0 Å². The molecule has 0 aromatic carbocycles. The van der Waals surface area contributed by atoms with Crippen molar-refractivity contribution in [2.24, 2.45) is 5.73 Å². The maximum atomic E-state index is 11.9. The highest BCUT2D eigenvalue weighted by Crippen LogP contribution is 2.24. The number of nitrogens with one attached hydrogen (secondary N) is 1. The molecule has 1 heterocycles.